The topological polar surface area (TPSA) is 113 Å². The average Bonchev–Trinajstić information content (AvgIpc) is 2.28. The Hall–Kier alpha value is -2.44. The second-order valence-electron chi connectivity index (χ2n) is 3.07. The highest BCUT2D eigenvalue weighted by atomic mass is 16.6. The van der Waals surface area contributed by atoms with Gasteiger partial charge in [-0.05, 0) is 13.0 Å². The van der Waals surface area contributed by atoms with Gasteiger partial charge in [0, 0.05) is 12.1 Å². The van der Waals surface area contributed by atoms with Gasteiger partial charge in [-0.15, -0.1) is 0 Å². The number of benzene rings is 1. The van der Waals surface area contributed by atoms with Crippen molar-refractivity contribution in [1.82, 2.24) is 0 Å². The van der Waals surface area contributed by atoms with E-state index in [2.05, 4.69) is 0 Å². The van der Waals surface area contributed by atoms with Crippen molar-refractivity contribution in [2.45, 2.75) is 6.92 Å². The van der Waals surface area contributed by atoms with E-state index in [0.717, 1.165) is 18.2 Å². The van der Waals surface area contributed by atoms with Crippen LogP contribution in [-0.2, 0) is 4.74 Å². The molecule has 0 aliphatic rings. The van der Waals surface area contributed by atoms with Gasteiger partial charge >= 0.3 is 5.97 Å². The number of carbonyl (C=O) groups is 2. The number of hydrogen-bond donors (Lipinski definition) is 1. The number of rotatable bonds is 4. The van der Waals surface area contributed by atoms with Crippen LogP contribution >= 0.6 is 0 Å². The molecule has 0 saturated carbocycles. The third-order valence-corrected chi connectivity index (χ3v) is 1.97. The second kappa shape index (κ2) is 5.06. The lowest BCUT2D eigenvalue weighted by atomic mass is 10.1. The Kier molecular flexibility index (Phi) is 3.76. The van der Waals surface area contributed by atoms with Gasteiger partial charge < -0.3 is 10.5 Å². The van der Waals surface area contributed by atoms with Gasteiger partial charge in [-0.1, -0.05) is 0 Å². The average molecular weight is 238 g/mol. The minimum Gasteiger partial charge on any atom is -0.462 e. The number of non-ortho nitro benzene ring substituents is 1. The largest absolute Gasteiger partial charge is 0.462 e. The first-order valence-corrected chi connectivity index (χ1v) is 4.72. The first-order valence-electron chi connectivity index (χ1n) is 4.72. The Bertz CT molecular complexity index is 484. The molecule has 17 heavy (non-hydrogen) atoms. The molecule has 90 valence electrons. The summed E-state index contributed by atoms with van der Waals surface area (Å²) in [4.78, 5) is 32.4. The van der Waals surface area contributed by atoms with E-state index in [-0.39, 0.29) is 23.4 Å². The molecular formula is C10H10N2O5. The molecule has 1 aromatic rings. The molecule has 0 aromatic heterocycles. The van der Waals surface area contributed by atoms with Crippen LogP contribution in [0.15, 0.2) is 18.2 Å². The summed E-state index contributed by atoms with van der Waals surface area (Å²) >= 11 is 0. The van der Waals surface area contributed by atoms with Crippen LogP contribution < -0.4 is 5.73 Å². The Labute approximate surface area is 96.3 Å². The van der Waals surface area contributed by atoms with E-state index in [9.17, 15) is 19.7 Å². The number of nitrogens with zero attached hydrogens (tertiary/aromatic N) is 1. The fraction of sp³-hybridized carbons (Fsp3) is 0.200. The lowest BCUT2D eigenvalue weighted by Crippen LogP contribution is -2.18. The molecule has 0 unspecified atom stereocenters. The molecule has 0 radical (unpaired) electrons. The smallest absolute Gasteiger partial charge is 0.338 e. The van der Waals surface area contributed by atoms with E-state index in [1.54, 1.807) is 6.92 Å². The molecule has 1 rings (SSSR count). The maximum Gasteiger partial charge on any atom is 0.338 e. The molecule has 7 nitrogen and oxygen atoms in total. The zero-order valence-electron chi connectivity index (χ0n) is 9.00. The maximum absolute atomic E-state index is 11.5. The minimum atomic E-state index is -0.920. The second-order valence-corrected chi connectivity index (χ2v) is 3.07. The van der Waals surface area contributed by atoms with Crippen LogP contribution in [0.4, 0.5) is 5.69 Å². The number of nitrogens with two attached hydrogens (primary N) is 1. The molecule has 0 atom stereocenters. The van der Waals surface area contributed by atoms with E-state index in [1.807, 2.05) is 0 Å². The number of amides is 1. The highest BCUT2D eigenvalue weighted by Crippen LogP contribution is 2.18. The minimum absolute atomic E-state index is 0.0787. The van der Waals surface area contributed by atoms with Gasteiger partial charge in [0.2, 0.25) is 5.91 Å². The number of primary amides is 1. The van der Waals surface area contributed by atoms with E-state index in [0.29, 0.717) is 0 Å². The van der Waals surface area contributed by atoms with Gasteiger partial charge in [-0.25, -0.2) is 4.79 Å². The molecule has 0 heterocycles. The third kappa shape index (κ3) is 2.77. The Morgan fingerprint density at radius 3 is 2.53 bits per heavy atom. The summed E-state index contributed by atoms with van der Waals surface area (Å²) in [6.07, 6.45) is 0. The van der Waals surface area contributed by atoms with Gasteiger partial charge in [0.25, 0.3) is 5.69 Å². The van der Waals surface area contributed by atoms with Crippen molar-refractivity contribution in [1.29, 1.82) is 0 Å². The Balaban J connectivity index is 3.27. The summed E-state index contributed by atoms with van der Waals surface area (Å²) in [7, 11) is 0. The highest BCUT2D eigenvalue weighted by Gasteiger charge is 2.19. The van der Waals surface area contributed by atoms with Crippen LogP contribution in [0.1, 0.15) is 27.6 Å². The molecule has 0 saturated heterocycles. The van der Waals surface area contributed by atoms with Gasteiger partial charge in [0.15, 0.2) is 0 Å². The molecule has 0 aliphatic carbocycles. The van der Waals surface area contributed by atoms with E-state index in [4.69, 9.17) is 10.5 Å². The number of ether oxygens (including phenoxy) is 1. The summed E-state index contributed by atoms with van der Waals surface area (Å²) in [5, 5.41) is 10.5. The van der Waals surface area contributed by atoms with Gasteiger partial charge in [0.1, 0.15) is 0 Å². The molecule has 0 fully saturated rings. The standard InChI is InChI=1S/C10H10N2O5/c1-2-17-10(14)7-4-3-6(12(15)16)5-8(7)9(11)13/h3-5H,2H2,1H3,(H2,11,13). The van der Waals surface area contributed by atoms with E-state index >= 15 is 0 Å². The molecular weight excluding hydrogens is 228 g/mol. The fourth-order valence-electron chi connectivity index (χ4n) is 1.24. The molecule has 1 amide bonds. The molecule has 0 spiro atoms. The Morgan fingerprint density at radius 1 is 1.41 bits per heavy atom. The Morgan fingerprint density at radius 2 is 2.06 bits per heavy atom. The predicted molar refractivity (Wildman–Crippen MR) is 57.6 cm³/mol. The van der Waals surface area contributed by atoms with Crippen molar-refractivity contribution >= 4 is 17.6 Å². The van der Waals surface area contributed by atoms with Crippen LogP contribution in [0.3, 0.4) is 0 Å². The van der Waals surface area contributed by atoms with Crippen LogP contribution in [0, 0.1) is 10.1 Å². The van der Waals surface area contributed by atoms with Crippen molar-refractivity contribution in [3.63, 3.8) is 0 Å². The van der Waals surface area contributed by atoms with E-state index < -0.39 is 16.8 Å². The number of esters is 1. The monoisotopic (exact) mass is 238 g/mol. The van der Waals surface area contributed by atoms with Crippen LogP contribution in [0.5, 0.6) is 0 Å². The summed E-state index contributed by atoms with van der Waals surface area (Å²) in [6, 6.07) is 3.21. The number of nitro groups is 1. The highest BCUT2D eigenvalue weighted by molar-refractivity contribution is 6.05. The predicted octanol–water partition coefficient (Wildman–Crippen LogP) is 0.870. The van der Waals surface area contributed by atoms with Crippen LogP contribution in [0.25, 0.3) is 0 Å². The van der Waals surface area contributed by atoms with Crippen molar-refractivity contribution in [2.24, 2.45) is 5.73 Å². The fourth-order valence-corrected chi connectivity index (χ4v) is 1.24. The summed E-state index contributed by atoms with van der Waals surface area (Å²) in [5.41, 5.74) is 4.43. The molecule has 7 heteroatoms. The summed E-state index contributed by atoms with van der Waals surface area (Å²) in [5.74, 6) is -1.66. The molecule has 1 aromatic carbocycles. The molecule has 0 bridgehead atoms. The molecule has 0 aliphatic heterocycles. The van der Waals surface area contributed by atoms with E-state index in [1.165, 1.54) is 0 Å². The molecule has 2 N–H and O–H groups in total. The number of hydrogen-bond acceptors (Lipinski definition) is 5. The van der Waals surface area contributed by atoms with Crippen molar-refractivity contribution in [2.75, 3.05) is 6.61 Å². The van der Waals surface area contributed by atoms with Crippen molar-refractivity contribution in [3.05, 3.63) is 39.4 Å². The first kappa shape index (κ1) is 12.6. The van der Waals surface area contributed by atoms with Gasteiger partial charge in [-0.3, -0.25) is 14.9 Å². The SMILES string of the molecule is CCOC(=O)c1ccc([N+](=O)[O-])cc1C(N)=O. The third-order valence-electron chi connectivity index (χ3n) is 1.97. The first-order chi connectivity index (χ1) is 7.97. The zero-order valence-corrected chi connectivity index (χ0v) is 9.00. The van der Waals surface area contributed by atoms with Crippen molar-refractivity contribution in [3.8, 4) is 0 Å². The van der Waals surface area contributed by atoms with Crippen LogP contribution in [0.2, 0.25) is 0 Å². The quantitative estimate of drug-likeness (QED) is 0.475. The number of nitro benzene ring substituents is 1. The van der Waals surface area contributed by atoms with Gasteiger partial charge in [0.05, 0.1) is 22.7 Å². The van der Waals surface area contributed by atoms with Gasteiger partial charge in [-0.2, -0.15) is 0 Å². The lowest BCUT2D eigenvalue weighted by Gasteiger charge is -2.05. The lowest BCUT2D eigenvalue weighted by molar-refractivity contribution is -0.384. The summed E-state index contributed by atoms with van der Waals surface area (Å²) in [6.45, 7) is 1.74. The zero-order chi connectivity index (χ0) is 13.0. The number of carbonyl (C=O) groups excluding carboxylic acids is 2. The van der Waals surface area contributed by atoms with Crippen LogP contribution in [-0.4, -0.2) is 23.4 Å². The normalized spacial score (nSPS) is 9.71. The maximum atomic E-state index is 11.5. The van der Waals surface area contributed by atoms with Crippen molar-refractivity contribution < 1.29 is 19.2 Å². The summed E-state index contributed by atoms with van der Waals surface area (Å²) < 4.78 is 4.70.